The molecule has 2 aromatic rings. The molecule has 0 aliphatic carbocycles. The van der Waals surface area contributed by atoms with Gasteiger partial charge in [0.1, 0.15) is 5.69 Å². The maximum Gasteiger partial charge on any atom is 0.227 e. The summed E-state index contributed by atoms with van der Waals surface area (Å²) in [7, 11) is 1.72. The molecule has 1 saturated heterocycles. The highest BCUT2D eigenvalue weighted by Crippen LogP contribution is 2.22. The highest BCUT2D eigenvalue weighted by atomic mass is 16.7. The van der Waals surface area contributed by atoms with Crippen LogP contribution in [0.3, 0.4) is 0 Å². The van der Waals surface area contributed by atoms with Gasteiger partial charge in [0, 0.05) is 25.7 Å². The number of hydroxylamine groups is 2. The van der Waals surface area contributed by atoms with E-state index in [0.717, 1.165) is 38.0 Å². The molecule has 0 aromatic carbocycles. The maximum absolute atomic E-state index is 5.33. The Hall–Kier alpha value is -1.79. The second-order valence-corrected chi connectivity index (χ2v) is 4.99. The normalized spacial score (nSPS) is 17.4. The second-order valence-electron chi connectivity index (χ2n) is 4.99. The summed E-state index contributed by atoms with van der Waals surface area (Å²) in [6.07, 6.45) is 4.74. The van der Waals surface area contributed by atoms with Crippen LogP contribution in [0.25, 0.3) is 11.5 Å². The SMILES string of the molecule is CON1CCC(Cc2nc(-c3ccccn3)no2)CC1. The van der Waals surface area contributed by atoms with Crippen LogP contribution in [0.15, 0.2) is 28.9 Å². The monoisotopic (exact) mass is 274 g/mol. The Morgan fingerprint density at radius 3 is 2.90 bits per heavy atom. The number of hydrogen-bond acceptors (Lipinski definition) is 6. The van der Waals surface area contributed by atoms with Crippen molar-refractivity contribution in [3.63, 3.8) is 0 Å². The molecule has 2 aromatic heterocycles. The highest BCUT2D eigenvalue weighted by molar-refractivity contribution is 5.46. The van der Waals surface area contributed by atoms with E-state index >= 15 is 0 Å². The fraction of sp³-hybridized carbons (Fsp3) is 0.500. The van der Waals surface area contributed by atoms with Gasteiger partial charge in [0.25, 0.3) is 0 Å². The van der Waals surface area contributed by atoms with Crippen molar-refractivity contribution < 1.29 is 9.36 Å². The zero-order valence-electron chi connectivity index (χ0n) is 11.5. The Kier molecular flexibility index (Phi) is 4.03. The molecule has 0 amide bonds. The molecule has 1 fully saturated rings. The number of pyridine rings is 1. The van der Waals surface area contributed by atoms with Crippen molar-refractivity contribution in [2.24, 2.45) is 5.92 Å². The molecule has 0 N–H and O–H groups in total. The minimum absolute atomic E-state index is 0.565. The summed E-state index contributed by atoms with van der Waals surface area (Å²) in [4.78, 5) is 13.9. The molecule has 3 rings (SSSR count). The van der Waals surface area contributed by atoms with Gasteiger partial charge in [-0.15, -0.1) is 0 Å². The predicted molar refractivity (Wildman–Crippen MR) is 72.5 cm³/mol. The number of hydrogen-bond donors (Lipinski definition) is 0. The van der Waals surface area contributed by atoms with Gasteiger partial charge in [-0.2, -0.15) is 10.0 Å². The van der Waals surface area contributed by atoms with E-state index in [1.807, 2.05) is 23.3 Å². The summed E-state index contributed by atoms with van der Waals surface area (Å²) >= 11 is 0. The number of aromatic nitrogens is 3. The maximum atomic E-state index is 5.33. The largest absolute Gasteiger partial charge is 0.339 e. The highest BCUT2D eigenvalue weighted by Gasteiger charge is 2.21. The van der Waals surface area contributed by atoms with Gasteiger partial charge in [0.15, 0.2) is 0 Å². The van der Waals surface area contributed by atoms with Gasteiger partial charge in [-0.1, -0.05) is 11.2 Å². The van der Waals surface area contributed by atoms with E-state index in [4.69, 9.17) is 9.36 Å². The summed E-state index contributed by atoms with van der Waals surface area (Å²) in [5.74, 6) is 1.84. The molecule has 1 aliphatic heterocycles. The van der Waals surface area contributed by atoms with Crippen LogP contribution >= 0.6 is 0 Å². The molecule has 106 valence electrons. The fourth-order valence-corrected chi connectivity index (χ4v) is 2.48. The number of piperidine rings is 1. The summed E-state index contributed by atoms with van der Waals surface area (Å²) in [5.41, 5.74) is 0.747. The van der Waals surface area contributed by atoms with E-state index in [9.17, 15) is 0 Å². The van der Waals surface area contributed by atoms with Crippen molar-refractivity contribution in [3.8, 4) is 11.5 Å². The van der Waals surface area contributed by atoms with Crippen LogP contribution in [-0.4, -0.2) is 40.4 Å². The van der Waals surface area contributed by atoms with E-state index in [1.165, 1.54) is 0 Å². The first-order chi connectivity index (χ1) is 9.85. The Labute approximate surface area is 117 Å². The third-order valence-electron chi connectivity index (χ3n) is 3.66. The first-order valence-corrected chi connectivity index (χ1v) is 6.88. The Morgan fingerprint density at radius 1 is 1.35 bits per heavy atom. The Morgan fingerprint density at radius 2 is 2.20 bits per heavy atom. The van der Waals surface area contributed by atoms with Crippen LogP contribution in [0, 0.1) is 5.92 Å². The van der Waals surface area contributed by atoms with E-state index in [2.05, 4.69) is 15.1 Å². The standard InChI is InChI=1S/C14H18N4O2/c1-19-18-8-5-11(6-9-18)10-13-16-14(17-20-13)12-4-2-3-7-15-12/h2-4,7,11H,5-6,8-10H2,1H3. The predicted octanol–water partition coefficient (Wildman–Crippen LogP) is 1.95. The molecule has 0 unspecified atom stereocenters. The van der Waals surface area contributed by atoms with Gasteiger partial charge in [0.2, 0.25) is 11.7 Å². The van der Waals surface area contributed by atoms with E-state index in [0.29, 0.717) is 17.6 Å². The number of rotatable bonds is 4. The molecule has 0 spiro atoms. The van der Waals surface area contributed by atoms with Crippen LogP contribution in [0.5, 0.6) is 0 Å². The van der Waals surface area contributed by atoms with Gasteiger partial charge >= 0.3 is 0 Å². The molecule has 0 saturated carbocycles. The van der Waals surface area contributed by atoms with E-state index in [-0.39, 0.29) is 0 Å². The topological polar surface area (TPSA) is 64.3 Å². The van der Waals surface area contributed by atoms with Crippen LogP contribution in [0.4, 0.5) is 0 Å². The Bertz CT molecular complexity index is 535. The van der Waals surface area contributed by atoms with Crippen LogP contribution < -0.4 is 0 Å². The lowest BCUT2D eigenvalue weighted by atomic mass is 9.94. The van der Waals surface area contributed by atoms with Crippen LogP contribution in [0.2, 0.25) is 0 Å². The average molecular weight is 274 g/mol. The summed E-state index contributed by atoms with van der Waals surface area (Å²) in [6.45, 7) is 1.92. The molecule has 3 heterocycles. The molecular weight excluding hydrogens is 256 g/mol. The van der Waals surface area contributed by atoms with E-state index in [1.54, 1.807) is 13.3 Å². The van der Waals surface area contributed by atoms with Gasteiger partial charge in [-0.05, 0) is 30.9 Å². The molecule has 6 nitrogen and oxygen atoms in total. The van der Waals surface area contributed by atoms with Crippen molar-refractivity contribution in [2.45, 2.75) is 19.3 Å². The van der Waals surface area contributed by atoms with Gasteiger partial charge in [-0.3, -0.25) is 4.98 Å². The third kappa shape index (κ3) is 3.02. The summed E-state index contributed by atoms with van der Waals surface area (Å²) in [6, 6.07) is 5.67. The lowest BCUT2D eigenvalue weighted by molar-refractivity contribution is -0.148. The first-order valence-electron chi connectivity index (χ1n) is 6.88. The van der Waals surface area contributed by atoms with Crippen molar-refractivity contribution in [2.75, 3.05) is 20.2 Å². The molecule has 0 radical (unpaired) electrons. The third-order valence-corrected chi connectivity index (χ3v) is 3.66. The molecule has 6 heteroatoms. The van der Waals surface area contributed by atoms with Gasteiger partial charge < -0.3 is 9.36 Å². The first kappa shape index (κ1) is 13.2. The van der Waals surface area contributed by atoms with Crippen molar-refractivity contribution in [1.29, 1.82) is 0 Å². The fourth-order valence-electron chi connectivity index (χ4n) is 2.48. The zero-order chi connectivity index (χ0) is 13.8. The van der Waals surface area contributed by atoms with Gasteiger partial charge in [0.05, 0.1) is 7.11 Å². The molecular formula is C14H18N4O2. The lowest BCUT2D eigenvalue weighted by Gasteiger charge is -2.29. The van der Waals surface area contributed by atoms with Crippen LogP contribution in [-0.2, 0) is 11.3 Å². The molecule has 0 bridgehead atoms. The zero-order valence-corrected chi connectivity index (χ0v) is 11.5. The molecule has 0 atom stereocenters. The van der Waals surface area contributed by atoms with E-state index < -0.39 is 0 Å². The second kappa shape index (κ2) is 6.11. The molecule has 20 heavy (non-hydrogen) atoms. The van der Waals surface area contributed by atoms with Gasteiger partial charge in [-0.25, -0.2) is 0 Å². The number of nitrogens with zero attached hydrogens (tertiary/aromatic N) is 4. The smallest absolute Gasteiger partial charge is 0.227 e. The van der Waals surface area contributed by atoms with Crippen molar-refractivity contribution >= 4 is 0 Å². The summed E-state index contributed by atoms with van der Waals surface area (Å²) < 4.78 is 5.33. The quantitative estimate of drug-likeness (QED) is 0.849. The molecule has 1 aliphatic rings. The minimum atomic E-state index is 0.565. The summed E-state index contributed by atoms with van der Waals surface area (Å²) in [5, 5.41) is 5.99. The Balaban J connectivity index is 1.61. The lowest BCUT2D eigenvalue weighted by Crippen LogP contribution is -2.33. The van der Waals surface area contributed by atoms with Crippen molar-refractivity contribution in [3.05, 3.63) is 30.3 Å². The van der Waals surface area contributed by atoms with Crippen LogP contribution in [0.1, 0.15) is 18.7 Å². The average Bonchev–Trinajstić information content (AvgIpc) is 2.97. The van der Waals surface area contributed by atoms with Crippen molar-refractivity contribution in [1.82, 2.24) is 20.2 Å². The minimum Gasteiger partial charge on any atom is -0.339 e.